The summed E-state index contributed by atoms with van der Waals surface area (Å²) in [5, 5.41) is 14.2. The summed E-state index contributed by atoms with van der Waals surface area (Å²) in [6, 6.07) is 2.85. The van der Waals surface area contributed by atoms with E-state index in [-0.39, 0.29) is 18.0 Å². The lowest BCUT2D eigenvalue weighted by atomic mass is 10.1. The first-order chi connectivity index (χ1) is 10.5. The molecule has 8 heteroatoms. The van der Waals surface area contributed by atoms with Crippen LogP contribution in [0.4, 0.5) is 5.69 Å². The summed E-state index contributed by atoms with van der Waals surface area (Å²) in [6.07, 6.45) is -0.0484. The Morgan fingerprint density at radius 1 is 1.36 bits per heavy atom. The number of nitro benzene ring substituents is 1. The molecule has 1 aliphatic heterocycles. The van der Waals surface area contributed by atoms with Gasteiger partial charge in [-0.15, -0.1) is 0 Å². The number of amides is 1. The second-order valence-electron chi connectivity index (χ2n) is 4.98. The van der Waals surface area contributed by atoms with Crippen LogP contribution in [0, 0.1) is 10.1 Å². The van der Waals surface area contributed by atoms with Crippen molar-refractivity contribution in [2.75, 3.05) is 40.4 Å². The minimum Gasteiger partial charge on any atom is -0.486 e. The van der Waals surface area contributed by atoms with E-state index < -0.39 is 4.92 Å². The van der Waals surface area contributed by atoms with E-state index in [2.05, 4.69) is 5.32 Å². The topological polar surface area (TPSA) is 93.9 Å². The van der Waals surface area contributed by atoms with Crippen LogP contribution in [-0.4, -0.2) is 56.1 Å². The molecular formula is C14H19N3O5. The zero-order valence-electron chi connectivity index (χ0n) is 12.6. The van der Waals surface area contributed by atoms with E-state index in [1.807, 2.05) is 0 Å². The van der Waals surface area contributed by atoms with E-state index in [4.69, 9.17) is 9.47 Å². The number of rotatable bonds is 6. The minimum absolute atomic E-state index is 0.0484. The maximum absolute atomic E-state index is 12.2. The third kappa shape index (κ3) is 3.64. The van der Waals surface area contributed by atoms with Crippen molar-refractivity contribution in [1.82, 2.24) is 10.2 Å². The van der Waals surface area contributed by atoms with Crippen molar-refractivity contribution in [3.63, 3.8) is 0 Å². The third-order valence-electron chi connectivity index (χ3n) is 3.40. The molecule has 0 saturated carbocycles. The van der Waals surface area contributed by atoms with Gasteiger partial charge in [0.1, 0.15) is 13.2 Å². The van der Waals surface area contributed by atoms with Crippen LogP contribution in [0.3, 0.4) is 0 Å². The average molecular weight is 309 g/mol. The van der Waals surface area contributed by atoms with Gasteiger partial charge in [-0.1, -0.05) is 0 Å². The number of carbonyl (C=O) groups excluding carboxylic acids is 1. The van der Waals surface area contributed by atoms with Gasteiger partial charge in [-0.2, -0.15) is 0 Å². The number of fused-ring (bicyclic) bond motifs is 1. The molecule has 8 nitrogen and oxygen atoms in total. The van der Waals surface area contributed by atoms with Gasteiger partial charge < -0.3 is 19.7 Å². The van der Waals surface area contributed by atoms with Crippen LogP contribution < -0.4 is 14.8 Å². The molecule has 0 aromatic heterocycles. The van der Waals surface area contributed by atoms with E-state index in [1.165, 1.54) is 17.0 Å². The van der Waals surface area contributed by atoms with Crippen molar-refractivity contribution in [2.45, 2.75) is 6.42 Å². The molecule has 1 aliphatic rings. The molecule has 1 aromatic carbocycles. The molecule has 22 heavy (non-hydrogen) atoms. The number of hydrogen-bond acceptors (Lipinski definition) is 6. The highest BCUT2D eigenvalue weighted by Crippen LogP contribution is 2.36. The van der Waals surface area contributed by atoms with Gasteiger partial charge in [0.15, 0.2) is 11.5 Å². The van der Waals surface area contributed by atoms with Gasteiger partial charge in [-0.25, -0.2) is 0 Å². The molecule has 2 rings (SSSR count). The zero-order valence-corrected chi connectivity index (χ0v) is 12.6. The number of benzene rings is 1. The molecule has 0 saturated heterocycles. The second-order valence-corrected chi connectivity index (χ2v) is 4.98. The lowest BCUT2D eigenvalue weighted by Gasteiger charge is -2.20. The molecule has 1 aromatic rings. The van der Waals surface area contributed by atoms with Gasteiger partial charge in [0.05, 0.1) is 17.4 Å². The SMILES string of the molecule is CNCCN(C)C(=O)Cc1cc2c(cc1[N+](=O)[O-])OCCO2. The number of carbonyl (C=O) groups is 1. The summed E-state index contributed by atoms with van der Waals surface area (Å²) in [5.41, 5.74) is 0.204. The molecule has 0 fully saturated rings. The molecule has 1 amide bonds. The van der Waals surface area contributed by atoms with Gasteiger partial charge in [-0.3, -0.25) is 14.9 Å². The van der Waals surface area contributed by atoms with E-state index in [1.54, 1.807) is 14.1 Å². The Morgan fingerprint density at radius 3 is 2.59 bits per heavy atom. The highest BCUT2D eigenvalue weighted by atomic mass is 16.6. The second kappa shape index (κ2) is 7.08. The Bertz CT molecular complexity index is 576. The molecule has 0 radical (unpaired) electrons. The first-order valence-electron chi connectivity index (χ1n) is 6.98. The van der Waals surface area contributed by atoms with Gasteiger partial charge in [0.2, 0.25) is 5.91 Å². The Labute approximate surface area is 128 Å². The Hall–Kier alpha value is -2.35. The fourth-order valence-electron chi connectivity index (χ4n) is 2.13. The van der Waals surface area contributed by atoms with Crippen molar-refractivity contribution in [2.24, 2.45) is 0 Å². The van der Waals surface area contributed by atoms with Crippen molar-refractivity contribution < 1.29 is 19.2 Å². The monoisotopic (exact) mass is 309 g/mol. The van der Waals surface area contributed by atoms with Crippen LogP contribution in [0.15, 0.2) is 12.1 Å². The lowest BCUT2D eigenvalue weighted by molar-refractivity contribution is -0.385. The quantitative estimate of drug-likeness (QED) is 0.610. The Morgan fingerprint density at radius 2 is 2.00 bits per heavy atom. The minimum atomic E-state index is -0.505. The van der Waals surface area contributed by atoms with Crippen LogP contribution in [0.5, 0.6) is 11.5 Å². The summed E-state index contributed by atoms with van der Waals surface area (Å²) < 4.78 is 10.8. The van der Waals surface area contributed by atoms with Gasteiger partial charge in [-0.05, 0) is 13.1 Å². The van der Waals surface area contributed by atoms with E-state index in [0.717, 1.165) is 0 Å². The number of nitrogens with zero attached hydrogens (tertiary/aromatic N) is 2. The summed E-state index contributed by atoms with van der Waals surface area (Å²) in [5.74, 6) is 0.602. The number of nitro groups is 1. The van der Waals surface area contributed by atoms with Crippen LogP contribution in [0.25, 0.3) is 0 Å². The maximum atomic E-state index is 12.2. The largest absolute Gasteiger partial charge is 0.486 e. The summed E-state index contributed by atoms with van der Waals surface area (Å²) >= 11 is 0. The summed E-state index contributed by atoms with van der Waals surface area (Å²) in [7, 11) is 3.47. The van der Waals surface area contributed by atoms with Crippen molar-refractivity contribution >= 4 is 11.6 Å². The smallest absolute Gasteiger partial charge is 0.277 e. The number of ether oxygens (including phenoxy) is 2. The van der Waals surface area contributed by atoms with Crippen LogP contribution in [0.1, 0.15) is 5.56 Å². The molecule has 1 N–H and O–H groups in total. The number of likely N-dealkylation sites (N-methyl/N-ethyl adjacent to an activating group) is 2. The number of nitrogens with one attached hydrogen (secondary N) is 1. The highest BCUT2D eigenvalue weighted by Gasteiger charge is 2.24. The number of hydrogen-bond donors (Lipinski definition) is 1. The standard InChI is InChI=1S/C14H19N3O5/c1-15-3-4-16(2)14(18)8-10-7-12-13(22-6-5-21-12)9-11(10)17(19)20/h7,9,15H,3-6,8H2,1-2H3. The predicted octanol–water partition coefficient (Wildman–Crippen LogP) is 0.586. The molecule has 0 bridgehead atoms. The maximum Gasteiger partial charge on any atom is 0.277 e. The highest BCUT2D eigenvalue weighted by molar-refractivity contribution is 5.80. The fraction of sp³-hybridized carbons (Fsp3) is 0.500. The van der Waals surface area contributed by atoms with Crippen LogP contribution >= 0.6 is 0 Å². The van der Waals surface area contributed by atoms with Crippen molar-refractivity contribution in [3.05, 3.63) is 27.8 Å². The third-order valence-corrected chi connectivity index (χ3v) is 3.40. The molecule has 0 unspecified atom stereocenters. The predicted molar refractivity (Wildman–Crippen MR) is 79.4 cm³/mol. The van der Waals surface area contributed by atoms with Crippen LogP contribution in [-0.2, 0) is 11.2 Å². The first-order valence-corrected chi connectivity index (χ1v) is 6.98. The van der Waals surface area contributed by atoms with E-state index >= 15 is 0 Å². The Kier molecular flexibility index (Phi) is 5.16. The fourth-order valence-corrected chi connectivity index (χ4v) is 2.13. The molecular weight excluding hydrogens is 290 g/mol. The normalized spacial score (nSPS) is 12.8. The van der Waals surface area contributed by atoms with Gasteiger partial charge in [0.25, 0.3) is 5.69 Å². The van der Waals surface area contributed by atoms with Crippen molar-refractivity contribution in [3.8, 4) is 11.5 Å². The average Bonchev–Trinajstić information content (AvgIpc) is 2.51. The summed E-state index contributed by atoms with van der Waals surface area (Å²) in [6.45, 7) is 1.94. The van der Waals surface area contributed by atoms with E-state index in [9.17, 15) is 14.9 Å². The van der Waals surface area contributed by atoms with Crippen LogP contribution in [0.2, 0.25) is 0 Å². The van der Waals surface area contributed by atoms with Gasteiger partial charge >= 0.3 is 0 Å². The van der Waals surface area contributed by atoms with E-state index in [0.29, 0.717) is 43.4 Å². The Balaban J connectivity index is 2.21. The van der Waals surface area contributed by atoms with Crippen molar-refractivity contribution in [1.29, 1.82) is 0 Å². The molecule has 0 atom stereocenters. The molecule has 1 heterocycles. The van der Waals surface area contributed by atoms with Gasteiger partial charge in [0, 0.05) is 25.7 Å². The molecule has 0 spiro atoms. The molecule has 120 valence electrons. The first kappa shape index (κ1) is 16.0. The summed E-state index contributed by atoms with van der Waals surface area (Å²) in [4.78, 5) is 24.4. The molecule has 0 aliphatic carbocycles. The zero-order chi connectivity index (χ0) is 16.1. The lowest BCUT2D eigenvalue weighted by Crippen LogP contribution is -2.33.